The monoisotopic (exact) mass is 263 g/mol. The number of carbonyl (C=O) groups is 1. The maximum absolute atomic E-state index is 11.1. The fourth-order valence-electron chi connectivity index (χ4n) is 1.08. The molecule has 6 heteroatoms. The first-order valence-corrected chi connectivity index (χ1v) is 5.92. The second-order valence-corrected chi connectivity index (χ2v) is 4.60. The van der Waals surface area contributed by atoms with Gasteiger partial charge in [-0.1, -0.05) is 6.92 Å². The van der Waals surface area contributed by atoms with Crippen LogP contribution >= 0.6 is 23.7 Å². The number of carbonyl (C=O) groups excluding carboxylic acids is 1. The zero-order valence-electron chi connectivity index (χ0n) is 9.53. The molecule has 0 aliphatic carbocycles. The maximum Gasteiger partial charge on any atom is 0.236 e. The van der Waals surface area contributed by atoms with E-state index in [0.717, 1.165) is 17.8 Å². The lowest BCUT2D eigenvalue weighted by molar-refractivity contribution is -0.121. The second kappa shape index (κ2) is 7.60. The summed E-state index contributed by atoms with van der Waals surface area (Å²) in [5, 5.41) is 3.83. The number of hydrogen-bond donors (Lipinski definition) is 2. The van der Waals surface area contributed by atoms with Gasteiger partial charge in [0, 0.05) is 24.0 Å². The van der Waals surface area contributed by atoms with Crippen molar-refractivity contribution in [3.63, 3.8) is 0 Å². The predicted molar refractivity (Wildman–Crippen MR) is 69.1 cm³/mol. The quantitative estimate of drug-likeness (QED) is 0.837. The molecule has 1 heterocycles. The van der Waals surface area contributed by atoms with Gasteiger partial charge in [-0.2, -0.15) is 0 Å². The fourth-order valence-corrected chi connectivity index (χ4v) is 1.94. The summed E-state index contributed by atoms with van der Waals surface area (Å²) in [5.74, 6) is -0.109. The summed E-state index contributed by atoms with van der Waals surface area (Å²) in [6.45, 7) is 4.39. The van der Waals surface area contributed by atoms with Gasteiger partial charge < -0.3 is 11.1 Å². The molecule has 1 atom stereocenters. The van der Waals surface area contributed by atoms with E-state index < -0.39 is 6.04 Å². The molecule has 1 aromatic rings. The molecule has 0 saturated heterocycles. The van der Waals surface area contributed by atoms with E-state index in [2.05, 4.69) is 17.2 Å². The molecule has 0 saturated carbocycles. The van der Waals surface area contributed by atoms with E-state index in [-0.39, 0.29) is 18.3 Å². The number of amides is 1. The Balaban J connectivity index is 0.00000225. The highest BCUT2D eigenvalue weighted by Crippen LogP contribution is 2.13. The van der Waals surface area contributed by atoms with E-state index >= 15 is 0 Å². The number of nitrogens with one attached hydrogen (secondary N) is 1. The zero-order chi connectivity index (χ0) is 11.3. The molecule has 0 radical (unpaired) electrons. The Morgan fingerprint density at radius 3 is 2.88 bits per heavy atom. The van der Waals surface area contributed by atoms with Crippen molar-refractivity contribution >= 4 is 29.7 Å². The van der Waals surface area contributed by atoms with Gasteiger partial charge in [0.1, 0.15) is 0 Å². The zero-order valence-corrected chi connectivity index (χ0v) is 11.2. The van der Waals surface area contributed by atoms with Crippen molar-refractivity contribution in [2.45, 2.75) is 32.7 Å². The van der Waals surface area contributed by atoms with Crippen LogP contribution in [0.5, 0.6) is 0 Å². The predicted octanol–water partition coefficient (Wildman–Crippen LogP) is 1.13. The van der Waals surface area contributed by atoms with E-state index in [1.54, 1.807) is 18.3 Å². The molecule has 0 fully saturated rings. The summed E-state index contributed by atoms with van der Waals surface area (Å²) in [6.07, 6.45) is 3.69. The molecule has 0 aliphatic rings. The third-order valence-electron chi connectivity index (χ3n) is 2.00. The summed E-state index contributed by atoms with van der Waals surface area (Å²) in [4.78, 5) is 16.7. The molecule has 3 N–H and O–H groups in total. The Kier molecular flexibility index (Phi) is 7.29. The van der Waals surface area contributed by atoms with Crippen LogP contribution in [0.15, 0.2) is 6.20 Å². The van der Waals surface area contributed by atoms with Gasteiger partial charge in [0.25, 0.3) is 0 Å². The number of rotatable bonds is 5. The molecule has 0 aliphatic heterocycles. The van der Waals surface area contributed by atoms with Crippen molar-refractivity contribution in [1.82, 2.24) is 10.3 Å². The van der Waals surface area contributed by atoms with Gasteiger partial charge in [0.15, 0.2) is 0 Å². The summed E-state index contributed by atoms with van der Waals surface area (Å²) in [7, 11) is 0. The average Bonchev–Trinajstić information content (AvgIpc) is 2.65. The minimum atomic E-state index is -0.438. The molecule has 1 aromatic heterocycles. The van der Waals surface area contributed by atoms with E-state index in [0.29, 0.717) is 6.54 Å². The first-order valence-electron chi connectivity index (χ1n) is 5.10. The number of aryl methyl sites for hydroxylation is 1. The van der Waals surface area contributed by atoms with Crippen molar-refractivity contribution in [3.05, 3.63) is 16.1 Å². The Hall–Kier alpha value is -0.650. The first kappa shape index (κ1) is 15.3. The van der Waals surface area contributed by atoms with E-state index in [1.165, 1.54) is 4.88 Å². The molecule has 92 valence electrons. The molecule has 0 spiro atoms. The number of nitrogens with two attached hydrogens (primary N) is 1. The van der Waals surface area contributed by atoms with Crippen molar-refractivity contribution < 1.29 is 4.79 Å². The van der Waals surface area contributed by atoms with Crippen LogP contribution < -0.4 is 11.1 Å². The van der Waals surface area contributed by atoms with Crippen molar-refractivity contribution in [2.75, 3.05) is 6.54 Å². The minimum absolute atomic E-state index is 0. The third kappa shape index (κ3) is 4.92. The molecule has 0 aromatic carbocycles. The van der Waals surface area contributed by atoms with Gasteiger partial charge in [-0.15, -0.1) is 23.7 Å². The van der Waals surface area contributed by atoms with Crippen LogP contribution in [-0.4, -0.2) is 23.5 Å². The van der Waals surface area contributed by atoms with Gasteiger partial charge in [0.2, 0.25) is 5.91 Å². The van der Waals surface area contributed by atoms with Crippen molar-refractivity contribution in [1.29, 1.82) is 0 Å². The van der Waals surface area contributed by atoms with Crippen LogP contribution in [0.2, 0.25) is 0 Å². The van der Waals surface area contributed by atoms with Gasteiger partial charge in [-0.05, 0) is 13.3 Å². The van der Waals surface area contributed by atoms with Crippen molar-refractivity contribution in [2.24, 2.45) is 5.73 Å². The fraction of sp³-hybridized carbons (Fsp3) is 0.600. The van der Waals surface area contributed by atoms with Crippen LogP contribution in [-0.2, 0) is 17.6 Å². The molecule has 16 heavy (non-hydrogen) atoms. The number of hydrogen-bond acceptors (Lipinski definition) is 4. The first-order chi connectivity index (χ1) is 7.13. The largest absolute Gasteiger partial charge is 0.354 e. The van der Waals surface area contributed by atoms with Crippen LogP contribution in [0, 0.1) is 0 Å². The molecule has 1 amide bonds. The summed E-state index contributed by atoms with van der Waals surface area (Å²) >= 11 is 1.70. The van der Waals surface area contributed by atoms with Crippen LogP contribution in [0.3, 0.4) is 0 Å². The highest BCUT2D eigenvalue weighted by atomic mass is 35.5. The number of thiazole rings is 1. The molecular weight excluding hydrogens is 246 g/mol. The standard InChI is InChI=1S/C10H17N3OS.ClH/c1-3-8-6-13-9(15-8)4-5-12-10(14)7(2)11;/h6-7H,3-5,11H2,1-2H3,(H,12,14);1H. The molecule has 0 bridgehead atoms. The number of halogens is 1. The lowest BCUT2D eigenvalue weighted by atomic mass is 10.3. The third-order valence-corrected chi connectivity index (χ3v) is 3.20. The Bertz CT molecular complexity index is 328. The molecular formula is C10H18ClN3OS. The summed E-state index contributed by atoms with van der Waals surface area (Å²) in [5.41, 5.74) is 5.42. The van der Waals surface area contributed by atoms with Gasteiger partial charge in [-0.25, -0.2) is 4.98 Å². The lowest BCUT2D eigenvalue weighted by Gasteiger charge is -2.05. The van der Waals surface area contributed by atoms with Crippen molar-refractivity contribution in [3.8, 4) is 0 Å². The molecule has 1 rings (SSSR count). The van der Waals surface area contributed by atoms with E-state index in [1.807, 2.05) is 6.20 Å². The number of aromatic nitrogens is 1. The minimum Gasteiger partial charge on any atom is -0.354 e. The normalized spacial score (nSPS) is 11.7. The van der Waals surface area contributed by atoms with E-state index in [4.69, 9.17) is 5.73 Å². The number of nitrogens with zero attached hydrogens (tertiary/aromatic N) is 1. The smallest absolute Gasteiger partial charge is 0.236 e. The van der Waals surface area contributed by atoms with Gasteiger partial charge >= 0.3 is 0 Å². The summed E-state index contributed by atoms with van der Waals surface area (Å²) < 4.78 is 0. The average molecular weight is 264 g/mol. The van der Waals surface area contributed by atoms with Crippen LogP contribution in [0.25, 0.3) is 0 Å². The Labute approximate surface area is 106 Å². The molecule has 4 nitrogen and oxygen atoms in total. The maximum atomic E-state index is 11.1. The van der Waals surface area contributed by atoms with E-state index in [9.17, 15) is 4.79 Å². The molecule has 1 unspecified atom stereocenters. The lowest BCUT2D eigenvalue weighted by Crippen LogP contribution is -2.39. The SMILES string of the molecule is CCc1cnc(CCNC(=O)C(C)N)s1.Cl. The highest BCUT2D eigenvalue weighted by Gasteiger charge is 2.06. The summed E-state index contributed by atoms with van der Waals surface area (Å²) in [6, 6.07) is -0.438. The van der Waals surface area contributed by atoms with Crippen LogP contribution in [0.4, 0.5) is 0 Å². The van der Waals surface area contributed by atoms with Crippen LogP contribution in [0.1, 0.15) is 23.7 Å². The topological polar surface area (TPSA) is 68.0 Å². The second-order valence-electron chi connectivity index (χ2n) is 3.40. The Morgan fingerprint density at radius 2 is 2.38 bits per heavy atom. The van der Waals surface area contributed by atoms with Gasteiger partial charge in [0.05, 0.1) is 11.0 Å². The Morgan fingerprint density at radius 1 is 1.69 bits per heavy atom. The highest BCUT2D eigenvalue weighted by molar-refractivity contribution is 7.11. The van der Waals surface area contributed by atoms with Gasteiger partial charge in [-0.3, -0.25) is 4.79 Å².